The fraction of sp³-hybridized carbons (Fsp3) is 0.375. The molecule has 1 N–H and O–H groups in total. The molecule has 0 spiro atoms. The van der Waals surface area contributed by atoms with Crippen LogP contribution >= 0.6 is 11.6 Å². The number of carbonyl (C=O) groups excluding carboxylic acids is 2. The van der Waals surface area contributed by atoms with Crippen molar-refractivity contribution in [2.45, 2.75) is 50.6 Å². The van der Waals surface area contributed by atoms with Crippen molar-refractivity contribution in [2.75, 3.05) is 38.7 Å². The predicted molar refractivity (Wildman–Crippen MR) is 171 cm³/mol. The lowest BCUT2D eigenvalue weighted by Gasteiger charge is -2.33. The molecule has 0 saturated heterocycles. The Balaban J connectivity index is 2.08. The molecule has 44 heavy (non-hydrogen) atoms. The van der Waals surface area contributed by atoms with Crippen LogP contribution in [0.1, 0.15) is 38.7 Å². The number of nitrogens with zero attached hydrogens (tertiary/aromatic N) is 2. The summed E-state index contributed by atoms with van der Waals surface area (Å²) < 4.78 is 45.3. The first kappa shape index (κ1) is 34.5. The highest BCUT2D eigenvalue weighted by molar-refractivity contribution is 7.92. The van der Waals surface area contributed by atoms with Crippen molar-refractivity contribution in [1.29, 1.82) is 0 Å². The molecule has 0 aliphatic rings. The van der Waals surface area contributed by atoms with Gasteiger partial charge in [0.2, 0.25) is 11.8 Å². The largest absolute Gasteiger partial charge is 0.497 e. The lowest BCUT2D eigenvalue weighted by atomic mass is 10.1. The van der Waals surface area contributed by atoms with E-state index in [1.54, 1.807) is 37.4 Å². The third-order valence-electron chi connectivity index (χ3n) is 7.04. The SMILES string of the molecule is CCCCNC(=O)[C@@H](CC)N(Cc1cccc(OC)c1)C(=O)CN(c1ccc(Cl)cc1)S(=O)(=O)c1ccc(OC)c(OC)c1. The molecule has 0 saturated carbocycles. The van der Waals surface area contributed by atoms with Gasteiger partial charge in [-0.05, 0) is 66.9 Å². The third kappa shape index (κ3) is 8.57. The Bertz CT molecular complexity index is 1520. The summed E-state index contributed by atoms with van der Waals surface area (Å²) in [5, 5.41) is 3.32. The Morgan fingerprint density at radius 1 is 0.909 bits per heavy atom. The zero-order chi connectivity index (χ0) is 32.3. The first-order chi connectivity index (χ1) is 21.1. The molecule has 1 atom stereocenters. The van der Waals surface area contributed by atoms with Crippen molar-refractivity contribution in [1.82, 2.24) is 10.2 Å². The van der Waals surface area contributed by atoms with Crippen LogP contribution in [0.15, 0.2) is 71.6 Å². The smallest absolute Gasteiger partial charge is 0.264 e. The fourth-order valence-corrected chi connectivity index (χ4v) is 6.19. The van der Waals surface area contributed by atoms with Crippen LogP contribution in [0, 0.1) is 0 Å². The maximum absolute atomic E-state index is 14.2. The van der Waals surface area contributed by atoms with Gasteiger partial charge in [0.1, 0.15) is 18.3 Å². The van der Waals surface area contributed by atoms with E-state index in [0.29, 0.717) is 29.5 Å². The summed E-state index contributed by atoms with van der Waals surface area (Å²) in [6.07, 6.45) is 2.00. The summed E-state index contributed by atoms with van der Waals surface area (Å²) in [7, 11) is 0.0755. The molecule has 0 aromatic heterocycles. The molecule has 0 unspecified atom stereocenters. The number of nitrogens with one attached hydrogen (secondary N) is 1. The highest BCUT2D eigenvalue weighted by Gasteiger charge is 2.34. The standard InChI is InChI=1S/C32H40ClN3O7S/c1-6-8-18-34-32(38)28(7-2)35(21-23-10-9-11-26(19-23)41-3)31(37)22-36(25-14-12-24(33)13-15-25)44(39,40)27-16-17-29(42-4)30(20-27)43-5/h9-17,19-20,28H,6-8,18,21-22H2,1-5H3,(H,34,38)/t28-/m1/s1. The van der Waals surface area contributed by atoms with E-state index in [1.165, 1.54) is 49.5 Å². The fourth-order valence-electron chi connectivity index (χ4n) is 4.63. The molecule has 3 aromatic rings. The monoisotopic (exact) mass is 645 g/mol. The number of unbranched alkanes of at least 4 members (excludes halogenated alkanes) is 1. The molecule has 3 aromatic carbocycles. The number of ether oxygens (including phenoxy) is 3. The van der Waals surface area contributed by atoms with Gasteiger partial charge in [-0.25, -0.2) is 8.42 Å². The van der Waals surface area contributed by atoms with E-state index in [1.807, 2.05) is 19.9 Å². The molecule has 0 aliphatic heterocycles. The minimum absolute atomic E-state index is 0.0562. The van der Waals surface area contributed by atoms with Gasteiger partial charge in [0.05, 0.1) is 31.9 Å². The first-order valence-electron chi connectivity index (χ1n) is 14.3. The minimum atomic E-state index is -4.32. The van der Waals surface area contributed by atoms with Gasteiger partial charge in [-0.15, -0.1) is 0 Å². The summed E-state index contributed by atoms with van der Waals surface area (Å²) >= 11 is 6.11. The molecule has 3 rings (SSSR count). The molecule has 0 heterocycles. The van der Waals surface area contributed by atoms with Gasteiger partial charge in [0.15, 0.2) is 11.5 Å². The number of benzene rings is 3. The van der Waals surface area contributed by atoms with E-state index in [0.717, 1.165) is 22.7 Å². The molecular weight excluding hydrogens is 606 g/mol. The number of anilines is 1. The summed E-state index contributed by atoms with van der Waals surface area (Å²) in [5.41, 5.74) is 0.942. The predicted octanol–water partition coefficient (Wildman–Crippen LogP) is 5.28. The molecule has 0 fully saturated rings. The maximum atomic E-state index is 14.2. The quantitative estimate of drug-likeness (QED) is 0.211. The summed E-state index contributed by atoms with van der Waals surface area (Å²) in [6.45, 7) is 3.78. The number of carbonyl (C=O) groups is 2. The normalized spacial score (nSPS) is 11.8. The molecule has 238 valence electrons. The lowest BCUT2D eigenvalue weighted by Crippen LogP contribution is -2.52. The maximum Gasteiger partial charge on any atom is 0.264 e. The van der Waals surface area contributed by atoms with Crippen molar-refractivity contribution in [3.05, 3.63) is 77.3 Å². The summed E-state index contributed by atoms with van der Waals surface area (Å²) in [4.78, 5) is 28.9. The van der Waals surface area contributed by atoms with Crippen LogP contribution in [-0.2, 0) is 26.2 Å². The molecule has 0 aliphatic carbocycles. The van der Waals surface area contributed by atoms with Crippen LogP contribution in [-0.4, -0.2) is 65.6 Å². The van der Waals surface area contributed by atoms with Gasteiger partial charge >= 0.3 is 0 Å². The Kier molecular flexibility index (Phi) is 12.7. The number of hydrogen-bond donors (Lipinski definition) is 1. The number of amides is 2. The topological polar surface area (TPSA) is 114 Å². The van der Waals surface area contributed by atoms with Gasteiger partial charge in [-0.1, -0.05) is 44.0 Å². The van der Waals surface area contributed by atoms with Gasteiger partial charge < -0.3 is 24.4 Å². The Morgan fingerprint density at radius 2 is 1.61 bits per heavy atom. The van der Waals surface area contributed by atoms with E-state index in [4.69, 9.17) is 25.8 Å². The average molecular weight is 646 g/mol. The van der Waals surface area contributed by atoms with Crippen molar-refractivity contribution >= 4 is 39.1 Å². The Labute approximate surface area is 264 Å². The lowest BCUT2D eigenvalue weighted by molar-refractivity contribution is -0.140. The van der Waals surface area contributed by atoms with Gasteiger partial charge in [-0.3, -0.25) is 13.9 Å². The van der Waals surface area contributed by atoms with Crippen LogP contribution in [0.3, 0.4) is 0 Å². The zero-order valence-corrected chi connectivity index (χ0v) is 27.3. The minimum Gasteiger partial charge on any atom is -0.497 e. The molecule has 10 nitrogen and oxygen atoms in total. The Morgan fingerprint density at radius 3 is 2.23 bits per heavy atom. The third-order valence-corrected chi connectivity index (χ3v) is 9.06. The van der Waals surface area contributed by atoms with E-state index in [2.05, 4.69) is 5.32 Å². The summed E-state index contributed by atoms with van der Waals surface area (Å²) in [5.74, 6) is 0.284. The number of methoxy groups -OCH3 is 3. The van der Waals surface area contributed by atoms with Gasteiger partial charge in [-0.2, -0.15) is 0 Å². The number of sulfonamides is 1. The van der Waals surface area contributed by atoms with Gasteiger partial charge in [0.25, 0.3) is 10.0 Å². The van der Waals surface area contributed by atoms with Crippen LogP contribution in [0.4, 0.5) is 5.69 Å². The average Bonchev–Trinajstić information content (AvgIpc) is 3.03. The van der Waals surface area contributed by atoms with E-state index < -0.39 is 28.5 Å². The second-order valence-corrected chi connectivity index (χ2v) is 12.2. The van der Waals surface area contributed by atoms with E-state index in [-0.39, 0.29) is 28.8 Å². The second kappa shape index (κ2) is 16.2. The number of halogens is 1. The number of hydrogen-bond acceptors (Lipinski definition) is 7. The first-order valence-corrected chi connectivity index (χ1v) is 16.1. The molecule has 12 heteroatoms. The molecule has 0 radical (unpaired) electrons. The summed E-state index contributed by atoms with van der Waals surface area (Å²) in [6, 6.07) is 16.7. The van der Waals surface area contributed by atoms with Gasteiger partial charge in [0, 0.05) is 24.2 Å². The van der Waals surface area contributed by atoms with Crippen LogP contribution in [0.2, 0.25) is 5.02 Å². The molecule has 0 bridgehead atoms. The van der Waals surface area contributed by atoms with E-state index >= 15 is 0 Å². The molecule has 2 amide bonds. The van der Waals surface area contributed by atoms with E-state index in [9.17, 15) is 18.0 Å². The van der Waals surface area contributed by atoms with Crippen molar-refractivity contribution < 1.29 is 32.2 Å². The second-order valence-electron chi connectivity index (χ2n) is 9.95. The van der Waals surface area contributed by atoms with Crippen molar-refractivity contribution in [2.24, 2.45) is 0 Å². The van der Waals surface area contributed by atoms with Crippen LogP contribution in [0.25, 0.3) is 0 Å². The number of rotatable bonds is 16. The van der Waals surface area contributed by atoms with Crippen molar-refractivity contribution in [3.8, 4) is 17.2 Å². The van der Waals surface area contributed by atoms with Crippen LogP contribution in [0.5, 0.6) is 17.2 Å². The highest BCUT2D eigenvalue weighted by atomic mass is 35.5. The van der Waals surface area contributed by atoms with Crippen molar-refractivity contribution in [3.63, 3.8) is 0 Å². The van der Waals surface area contributed by atoms with Crippen LogP contribution < -0.4 is 23.8 Å². The molecular formula is C32H40ClN3O7S. The zero-order valence-electron chi connectivity index (χ0n) is 25.7. The highest BCUT2D eigenvalue weighted by Crippen LogP contribution is 2.33. The Hall–Kier alpha value is -3.96.